The fourth-order valence-electron chi connectivity index (χ4n) is 2.73. The molecule has 0 spiro atoms. The number of carbonyl (C=O) groups is 1. The number of nitrogens with zero attached hydrogens (tertiary/aromatic N) is 2. The van der Waals surface area contributed by atoms with Crippen molar-refractivity contribution in [3.63, 3.8) is 0 Å². The lowest BCUT2D eigenvalue weighted by atomic mass is 10.2. The molecule has 3 rings (SSSR count). The topological polar surface area (TPSA) is 54.5 Å². The predicted molar refractivity (Wildman–Crippen MR) is 96.4 cm³/mol. The number of ether oxygens (including phenoxy) is 1. The van der Waals surface area contributed by atoms with Crippen LogP contribution in [-0.4, -0.2) is 42.1 Å². The minimum Gasteiger partial charge on any atom is -0.371 e. The van der Waals surface area contributed by atoms with Crippen LogP contribution in [0.2, 0.25) is 0 Å². The number of hydrogen-bond acceptors (Lipinski definition) is 5. The molecule has 1 aliphatic heterocycles. The Morgan fingerprint density at radius 1 is 1.38 bits per heavy atom. The fourth-order valence-corrected chi connectivity index (χ4v) is 3.79. The van der Waals surface area contributed by atoms with Crippen molar-refractivity contribution in [1.29, 1.82) is 0 Å². The molecule has 5 nitrogen and oxygen atoms in total. The first-order valence-corrected chi connectivity index (χ1v) is 9.18. The van der Waals surface area contributed by atoms with Gasteiger partial charge in [-0.05, 0) is 18.5 Å². The number of aromatic nitrogens is 1. The van der Waals surface area contributed by atoms with Gasteiger partial charge in [-0.1, -0.05) is 37.3 Å². The Hall–Kier alpha value is -1.76. The van der Waals surface area contributed by atoms with Gasteiger partial charge in [0.15, 0.2) is 5.13 Å². The average Bonchev–Trinajstić information content (AvgIpc) is 3.00. The van der Waals surface area contributed by atoms with Gasteiger partial charge in [-0.2, -0.15) is 0 Å². The summed E-state index contributed by atoms with van der Waals surface area (Å²) >= 11 is 1.58. The quantitative estimate of drug-likeness (QED) is 0.784. The fraction of sp³-hybridized carbons (Fsp3) is 0.444. The highest BCUT2D eigenvalue weighted by Crippen LogP contribution is 2.28. The first kappa shape index (κ1) is 17.1. The summed E-state index contributed by atoms with van der Waals surface area (Å²) in [6.45, 7) is 5.81. The molecule has 2 aromatic rings. The molecule has 0 bridgehead atoms. The second kappa shape index (κ2) is 8.37. The molecule has 1 amide bonds. The van der Waals surface area contributed by atoms with E-state index in [4.69, 9.17) is 4.74 Å². The molecule has 2 heterocycles. The van der Waals surface area contributed by atoms with E-state index in [1.807, 2.05) is 18.2 Å². The van der Waals surface area contributed by atoms with Gasteiger partial charge in [0, 0.05) is 24.4 Å². The zero-order chi connectivity index (χ0) is 16.8. The van der Waals surface area contributed by atoms with E-state index in [-0.39, 0.29) is 12.5 Å². The summed E-state index contributed by atoms with van der Waals surface area (Å²) in [6, 6.07) is 10.1. The van der Waals surface area contributed by atoms with Crippen molar-refractivity contribution < 1.29 is 9.53 Å². The van der Waals surface area contributed by atoms with Crippen LogP contribution in [0.1, 0.15) is 23.1 Å². The Balaban J connectivity index is 1.41. The molecule has 24 heavy (non-hydrogen) atoms. The lowest BCUT2D eigenvalue weighted by Crippen LogP contribution is -2.29. The summed E-state index contributed by atoms with van der Waals surface area (Å²) in [4.78, 5) is 20.2. The van der Waals surface area contributed by atoms with Crippen molar-refractivity contribution in [3.05, 3.63) is 46.5 Å². The number of fused-ring (bicyclic) bond motifs is 1. The summed E-state index contributed by atoms with van der Waals surface area (Å²) in [7, 11) is 0. The van der Waals surface area contributed by atoms with Crippen LogP contribution in [0.3, 0.4) is 0 Å². The summed E-state index contributed by atoms with van der Waals surface area (Å²) in [5.41, 5.74) is 2.34. The molecule has 0 radical (unpaired) electrons. The van der Waals surface area contributed by atoms with Gasteiger partial charge in [0.2, 0.25) is 0 Å². The molecule has 6 heteroatoms. The number of likely N-dealkylation sites (N-methyl/N-ethyl adjacent to an activating group) is 1. The second-order valence-electron chi connectivity index (χ2n) is 5.84. The SMILES string of the molecule is CCN1CCc2nc(NC(=O)COCCc3ccccc3)sc2C1. The number of thiazole rings is 1. The Bertz CT molecular complexity index is 672. The molecule has 1 aromatic carbocycles. The molecule has 0 saturated heterocycles. The number of rotatable bonds is 7. The van der Waals surface area contributed by atoms with Crippen LogP contribution in [0.25, 0.3) is 0 Å². The molecule has 0 atom stereocenters. The highest BCUT2D eigenvalue weighted by molar-refractivity contribution is 7.15. The standard InChI is InChI=1S/C18H23N3O2S/c1-2-21-10-8-15-16(12-21)24-18(19-15)20-17(22)13-23-11-9-14-6-4-3-5-7-14/h3-7H,2,8-13H2,1H3,(H,19,20,22). The number of carbonyl (C=O) groups excluding carboxylic acids is 1. The van der Waals surface area contributed by atoms with E-state index in [2.05, 4.69) is 34.3 Å². The van der Waals surface area contributed by atoms with Gasteiger partial charge >= 0.3 is 0 Å². The molecular formula is C18H23N3O2S. The minimum atomic E-state index is -0.137. The summed E-state index contributed by atoms with van der Waals surface area (Å²) in [6.07, 6.45) is 1.77. The van der Waals surface area contributed by atoms with Crippen LogP contribution in [-0.2, 0) is 28.9 Å². The maximum absolute atomic E-state index is 12.0. The summed E-state index contributed by atoms with van der Waals surface area (Å²) in [5, 5.41) is 3.55. The van der Waals surface area contributed by atoms with E-state index in [0.717, 1.165) is 38.2 Å². The van der Waals surface area contributed by atoms with Gasteiger partial charge in [0.1, 0.15) is 6.61 Å². The Kier molecular flexibility index (Phi) is 5.96. The van der Waals surface area contributed by atoms with Crippen LogP contribution in [0.5, 0.6) is 0 Å². The van der Waals surface area contributed by atoms with E-state index < -0.39 is 0 Å². The van der Waals surface area contributed by atoms with E-state index in [9.17, 15) is 4.79 Å². The van der Waals surface area contributed by atoms with Crippen LogP contribution in [0, 0.1) is 0 Å². The van der Waals surface area contributed by atoms with Crippen molar-refractivity contribution in [2.75, 3.05) is 31.6 Å². The van der Waals surface area contributed by atoms with E-state index in [1.165, 1.54) is 10.4 Å². The number of benzene rings is 1. The number of hydrogen-bond donors (Lipinski definition) is 1. The van der Waals surface area contributed by atoms with Crippen molar-refractivity contribution in [2.24, 2.45) is 0 Å². The molecule has 1 aromatic heterocycles. The maximum atomic E-state index is 12.0. The molecule has 0 aliphatic carbocycles. The van der Waals surface area contributed by atoms with Crippen molar-refractivity contribution in [1.82, 2.24) is 9.88 Å². The molecule has 1 N–H and O–H groups in total. The van der Waals surface area contributed by atoms with Gasteiger partial charge in [-0.15, -0.1) is 11.3 Å². The van der Waals surface area contributed by atoms with Gasteiger partial charge < -0.3 is 4.74 Å². The third-order valence-electron chi connectivity index (χ3n) is 4.11. The van der Waals surface area contributed by atoms with Gasteiger partial charge in [0.05, 0.1) is 12.3 Å². The molecular weight excluding hydrogens is 322 g/mol. The molecule has 128 valence electrons. The molecule has 0 saturated carbocycles. The highest BCUT2D eigenvalue weighted by atomic mass is 32.1. The summed E-state index contributed by atoms with van der Waals surface area (Å²) < 4.78 is 5.46. The lowest BCUT2D eigenvalue weighted by Gasteiger charge is -2.23. The molecule has 0 unspecified atom stereocenters. The van der Waals surface area contributed by atoms with E-state index in [0.29, 0.717) is 11.7 Å². The van der Waals surface area contributed by atoms with Crippen LogP contribution in [0.4, 0.5) is 5.13 Å². The first-order valence-electron chi connectivity index (χ1n) is 8.37. The Morgan fingerprint density at radius 2 is 2.21 bits per heavy atom. The summed E-state index contributed by atoms with van der Waals surface area (Å²) in [5.74, 6) is -0.137. The Morgan fingerprint density at radius 3 is 3.00 bits per heavy atom. The normalized spacial score (nSPS) is 14.4. The monoisotopic (exact) mass is 345 g/mol. The predicted octanol–water partition coefficient (Wildman–Crippen LogP) is 2.72. The third kappa shape index (κ3) is 4.63. The minimum absolute atomic E-state index is 0.0676. The van der Waals surface area contributed by atoms with Crippen LogP contribution >= 0.6 is 11.3 Å². The van der Waals surface area contributed by atoms with E-state index >= 15 is 0 Å². The largest absolute Gasteiger partial charge is 0.371 e. The highest BCUT2D eigenvalue weighted by Gasteiger charge is 2.20. The number of nitrogens with one attached hydrogen (secondary N) is 1. The Labute approximate surface area is 146 Å². The van der Waals surface area contributed by atoms with Gasteiger partial charge in [-0.3, -0.25) is 15.0 Å². The molecule has 1 aliphatic rings. The van der Waals surface area contributed by atoms with Crippen molar-refractivity contribution >= 4 is 22.4 Å². The van der Waals surface area contributed by atoms with E-state index in [1.54, 1.807) is 11.3 Å². The van der Waals surface area contributed by atoms with Gasteiger partial charge in [-0.25, -0.2) is 4.98 Å². The zero-order valence-corrected chi connectivity index (χ0v) is 14.8. The number of amides is 1. The maximum Gasteiger partial charge on any atom is 0.252 e. The average molecular weight is 345 g/mol. The second-order valence-corrected chi connectivity index (χ2v) is 6.93. The number of anilines is 1. The first-order chi connectivity index (χ1) is 11.7. The lowest BCUT2D eigenvalue weighted by molar-refractivity contribution is -0.120. The van der Waals surface area contributed by atoms with Crippen LogP contribution < -0.4 is 5.32 Å². The molecule has 0 fully saturated rings. The zero-order valence-electron chi connectivity index (χ0n) is 14.0. The van der Waals surface area contributed by atoms with Crippen molar-refractivity contribution in [3.8, 4) is 0 Å². The third-order valence-corrected chi connectivity index (χ3v) is 5.11. The smallest absolute Gasteiger partial charge is 0.252 e. The van der Waals surface area contributed by atoms with Gasteiger partial charge in [0.25, 0.3) is 5.91 Å². The van der Waals surface area contributed by atoms with Crippen LogP contribution in [0.15, 0.2) is 30.3 Å². The van der Waals surface area contributed by atoms with Crippen molar-refractivity contribution in [2.45, 2.75) is 26.3 Å².